The van der Waals surface area contributed by atoms with Crippen molar-refractivity contribution in [2.24, 2.45) is 10.7 Å². The molecule has 0 bridgehead atoms. The molecule has 1 aromatic carbocycles. The monoisotopic (exact) mass is 323 g/mol. The van der Waals surface area contributed by atoms with Crippen LogP contribution in [0, 0.1) is 5.92 Å². The lowest BCUT2D eigenvalue weighted by Gasteiger charge is -2.23. The van der Waals surface area contributed by atoms with Gasteiger partial charge < -0.3 is 20.0 Å². The van der Waals surface area contributed by atoms with Gasteiger partial charge in [0.1, 0.15) is 11.5 Å². The van der Waals surface area contributed by atoms with Gasteiger partial charge in [-0.25, -0.2) is 4.57 Å². The van der Waals surface area contributed by atoms with E-state index < -0.39 is 13.7 Å². The Hall–Kier alpha value is -1.88. The molecule has 6 nitrogen and oxygen atoms in total. The SMILES string of the molecule is CC(CC1C(O)=CC=C/C1=N\P(=O)(O)O)c1cccc(O)c1. The molecule has 2 unspecified atom stereocenters. The summed E-state index contributed by atoms with van der Waals surface area (Å²) in [6, 6.07) is 6.77. The summed E-state index contributed by atoms with van der Waals surface area (Å²) >= 11 is 0. The molecule has 2 atom stereocenters. The van der Waals surface area contributed by atoms with Crippen molar-refractivity contribution in [1.29, 1.82) is 0 Å². The Morgan fingerprint density at radius 2 is 2.05 bits per heavy atom. The molecule has 0 fully saturated rings. The van der Waals surface area contributed by atoms with Gasteiger partial charge in [0.25, 0.3) is 0 Å². The van der Waals surface area contributed by atoms with Crippen LogP contribution in [-0.4, -0.2) is 25.7 Å². The van der Waals surface area contributed by atoms with E-state index in [1.807, 2.05) is 13.0 Å². The number of hydrogen-bond acceptors (Lipinski definition) is 3. The molecule has 118 valence electrons. The first-order valence-electron chi connectivity index (χ1n) is 6.78. The van der Waals surface area contributed by atoms with Crippen LogP contribution >= 0.6 is 7.75 Å². The van der Waals surface area contributed by atoms with Crippen molar-refractivity contribution in [2.75, 3.05) is 0 Å². The first-order chi connectivity index (χ1) is 10.3. The molecule has 0 saturated heterocycles. The minimum atomic E-state index is -4.56. The zero-order chi connectivity index (χ0) is 16.3. The van der Waals surface area contributed by atoms with E-state index in [0.29, 0.717) is 6.42 Å². The van der Waals surface area contributed by atoms with Crippen molar-refractivity contribution in [3.05, 3.63) is 53.8 Å². The molecule has 0 radical (unpaired) electrons. The number of aromatic hydroxyl groups is 1. The average molecular weight is 323 g/mol. The van der Waals surface area contributed by atoms with E-state index in [-0.39, 0.29) is 23.1 Å². The van der Waals surface area contributed by atoms with Crippen molar-refractivity contribution >= 4 is 13.5 Å². The van der Waals surface area contributed by atoms with Gasteiger partial charge in [0, 0.05) is 0 Å². The number of allylic oxidation sites excluding steroid dienone is 4. The third-order valence-corrected chi connectivity index (χ3v) is 4.01. The quantitative estimate of drug-likeness (QED) is 0.637. The van der Waals surface area contributed by atoms with E-state index in [4.69, 9.17) is 9.79 Å². The number of phenolic OH excluding ortho intramolecular Hbond substituents is 1. The van der Waals surface area contributed by atoms with Crippen molar-refractivity contribution < 1.29 is 24.6 Å². The van der Waals surface area contributed by atoms with Crippen molar-refractivity contribution in [1.82, 2.24) is 0 Å². The van der Waals surface area contributed by atoms with Crippen molar-refractivity contribution in [3.8, 4) is 5.75 Å². The highest BCUT2D eigenvalue weighted by Gasteiger charge is 2.26. The van der Waals surface area contributed by atoms with Crippen LogP contribution < -0.4 is 0 Å². The highest BCUT2D eigenvalue weighted by Crippen LogP contribution is 2.39. The average Bonchev–Trinajstić information content (AvgIpc) is 2.41. The van der Waals surface area contributed by atoms with E-state index in [0.717, 1.165) is 5.56 Å². The topological polar surface area (TPSA) is 110 Å². The lowest BCUT2D eigenvalue weighted by molar-refractivity contribution is 0.348. The van der Waals surface area contributed by atoms with Crippen molar-refractivity contribution in [3.63, 3.8) is 0 Å². The molecule has 0 aliphatic heterocycles. The maximum atomic E-state index is 11.1. The molecule has 1 aromatic rings. The van der Waals surface area contributed by atoms with E-state index in [1.54, 1.807) is 18.2 Å². The fourth-order valence-electron chi connectivity index (χ4n) is 2.45. The highest BCUT2D eigenvalue weighted by atomic mass is 31.2. The zero-order valence-electron chi connectivity index (χ0n) is 12.0. The van der Waals surface area contributed by atoms with Gasteiger partial charge in [-0.05, 0) is 42.2 Å². The second-order valence-corrected chi connectivity index (χ2v) is 6.50. The van der Waals surface area contributed by atoms with E-state index in [2.05, 4.69) is 4.76 Å². The molecule has 1 aliphatic rings. The van der Waals surface area contributed by atoms with E-state index in [9.17, 15) is 14.8 Å². The van der Waals surface area contributed by atoms with Gasteiger partial charge in [-0.1, -0.05) is 25.1 Å². The predicted octanol–water partition coefficient (Wildman–Crippen LogP) is 3.05. The Kier molecular flexibility index (Phi) is 4.86. The summed E-state index contributed by atoms with van der Waals surface area (Å²) in [5, 5.41) is 19.5. The van der Waals surface area contributed by atoms with Crippen molar-refractivity contribution in [2.45, 2.75) is 19.3 Å². The summed E-state index contributed by atoms with van der Waals surface area (Å²) in [6.45, 7) is 1.91. The normalized spacial score (nSPS) is 21.7. The summed E-state index contributed by atoms with van der Waals surface area (Å²) in [6.07, 6.45) is 4.88. The molecule has 1 aliphatic carbocycles. The molecule has 0 amide bonds. The number of rotatable bonds is 4. The zero-order valence-corrected chi connectivity index (χ0v) is 12.9. The molecule has 0 aromatic heterocycles. The van der Waals surface area contributed by atoms with Gasteiger partial charge in [-0.2, -0.15) is 4.76 Å². The number of aliphatic hydroxyl groups is 1. The van der Waals surface area contributed by atoms with Crippen LogP contribution in [0.25, 0.3) is 0 Å². The fraction of sp³-hybridized carbons (Fsp3) is 0.267. The molecule has 22 heavy (non-hydrogen) atoms. The van der Waals surface area contributed by atoms with Crippen LogP contribution in [0.1, 0.15) is 24.8 Å². The number of nitrogens with zero attached hydrogens (tertiary/aromatic N) is 1. The molecule has 7 heteroatoms. The largest absolute Gasteiger partial charge is 0.512 e. The summed E-state index contributed by atoms with van der Waals surface area (Å²) in [5.41, 5.74) is 1.03. The Labute approximate surface area is 128 Å². The minimum absolute atomic E-state index is 0.0155. The molecule has 0 spiro atoms. The first kappa shape index (κ1) is 16.5. The highest BCUT2D eigenvalue weighted by molar-refractivity contribution is 7.50. The van der Waals surface area contributed by atoms with Gasteiger partial charge in [0.2, 0.25) is 0 Å². The Morgan fingerprint density at radius 1 is 1.32 bits per heavy atom. The lowest BCUT2D eigenvalue weighted by Crippen LogP contribution is -2.20. The van der Waals surface area contributed by atoms with Crippen LogP contribution in [0.2, 0.25) is 0 Å². The molecular weight excluding hydrogens is 305 g/mol. The van der Waals surface area contributed by atoms with Gasteiger partial charge >= 0.3 is 7.75 Å². The Balaban J connectivity index is 2.25. The third-order valence-electron chi connectivity index (χ3n) is 3.52. The van der Waals surface area contributed by atoms with Crippen LogP contribution in [0.15, 0.2) is 53.0 Å². The number of aliphatic hydroxyl groups excluding tert-OH is 1. The molecule has 0 heterocycles. The van der Waals surface area contributed by atoms with Gasteiger partial charge in [0.15, 0.2) is 0 Å². The molecule has 0 saturated carbocycles. The summed E-state index contributed by atoms with van der Waals surface area (Å²) < 4.78 is 14.5. The third kappa shape index (κ3) is 4.31. The second kappa shape index (κ2) is 6.48. The maximum Gasteiger partial charge on any atom is 0.448 e. The smallest absolute Gasteiger partial charge is 0.448 e. The lowest BCUT2D eigenvalue weighted by atomic mass is 9.84. The van der Waals surface area contributed by atoms with Crippen LogP contribution in [-0.2, 0) is 4.57 Å². The predicted molar refractivity (Wildman–Crippen MR) is 84.0 cm³/mol. The first-order valence-corrected chi connectivity index (χ1v) is 8.34. The van der Waals surface area contributed by atoms with E-state index in [1.165, 1.54) is 18.2 Å². The summed E-state index contributed by atoms with van der Waals surface area (Å²) in [7, 11) is -4.56. The molecule has 2 rings (SSSR count). The minimum Gasteiger partial charge on any atom is -0.512 e. The van der Waals surface area contributed by atoms with Crippen LogP contribution in [0.3, 0.4) is 0 Å². The number of hydrogen-bond donors (Lipinski definition) is 4. The summed E-state index contributed by atoms with van der Waals surface area (Å²) in [4.78, 5) is 18.0. The Morgan fingerprint density at radius 3 is 2.68 bits per heavy atom. The second-order valence-electron chi connectivity index (χ2n) is 5.27. The summed E-state index contributed by atoms with van der Waals surface area (Å²) in [5.74, 6) is -0.463. The van der Waals surface area contributed by atoms with Crippen LogP contribution in [0.5, 0.6) is 5.75 Å². The number of benzene rings is 1. The van der Waals surface area contributed by atoms with Gasteiger partial charge in [-0.3, -0.25) is 0 Å². The standard InChI is InChI=1S/C15H18NO5P/c1-10(11-4-2-5-12(17)9-11)8-13-14(16-22(19,20)21)6-3-7-15(13)18/h2-7,9-10,13,17-18H,8H2,1H3,(H2,19,20,21)/b16-14+. The van der Waals surface area contributed by atoms with Gasteiger partial charge in [-0.15, -0.1) is 0 Å². The molecule has 4 N–H and O–H groups in total. The van der Waals surface area contributed by atoms with Crippen LogP contribution in [0.4, 0.5) is 0 Å². The molecular formula is C15H18NO5P. The van der Waals surface area contributed by atoms with Gasteiger partial charge in [0.05, 0.1) is 11.6 Å². The Bertz CT molecular complexity index is 689. The maximum absolute atomic E-state index is 11.1. The fourth-order valence-corrected chi connectivity index (χ4v) is 2.95. The number of phenols is 1. The van der Waals surface area contributed by atoms with E-state index >= 15 is 0 Å².